The lowest BCUT2D eigenvalue weighted by atomic mass is 10.1. The number of rotatable bonds is 4. The Morgan fingerprint density at radius 3 is 2.83 bits per heavy atom. The minimum atomic E-state index is 0.305. The van der Waals surface area contributed by atoms with Crippen LogP contribution < -0.4 is 0 Å². The van der Waals surface area contributed by atoms with Gasteiger partial charge in [-0.15, -0.1) is 11.3 Å². The molecule has 1 aromatic carbocycles. The van der Waals surface area contributed by atoms with Gasteiger partial charge in [-0.2, -0.15) is 0 Å². The molecule has 3 aromatic rings. The van der Waals surface area contributed by atoms with E-state index < -0.39 is 0 Å². The van der Waals surface area contributed by atoms with Gasteiger partial charge >= 0.3 is 0 Å². The van der Waals surface area contributed by atoms with Gasteiger partial charge in [0.15, 0.2) is 0 Å². The number of likely N-dealkylation sites (tertiary alicyclic amines) is 1. The van der Waals surface area contributed by atoms with Crippen molar-refractivity contribution in [2.45, 2.75) is 31.8 Å². The highest BCUT2D eigenvalue weighted by molar-refractivity contribution is 7.10. The number of nitrogens with zero attached hydrogens (tertiary/aromatic N) is 3. The molecule has 1 aliphatic rings. The SMILES string of the molecule is CC(c1nccn1-c1ccccc1)N1CCCC1c1cccs1. The van der Waals surface area contributed by atoms with Crippen molar-refractivity contribution in [3.8, 4) is 5.69 Å². The molecule has 0 N–H and O–H groups in total. The van der Waals surface area contributed by atoms with Crippen LogP contribution in [0.3, 0.4) is 0 Å². The minimum Gasteiger partial charge on any atom is -0.302 e. The molecule has 1 fully saturated rings. The molecule has 2 atom stereocenters. The van der Waals surface area contributed by atoms with Crippen LogP contribution >= 0.6 is 11.3 Å². The quantitative estimate of drug-likeness (QED) is 0.685. The van der Waals surface area contributed by atoms with E-state index in [0.717, 1.165) is 12.4 Å². The van der Waals surface area contributed by atoms with Crippen molar-refractivity contribution in [2.24, 2.45) is 0 Å². The van der Waals surface area contributed by atoms with Crippen LogP contribution in [-0.4, -0.2) is 21.0 Å². The largest absolute Gasteiger partial charge is 0.302 e. The Kier molecular flexibility index (Phi) is 4.02. The van der Waals surface area contributed by atoms with Crippen molar-refractivity contribution >= 4 is 11.3 Å². The van der Waals surface area contributed by atoms with Crippen LogP contribution in [0.1, 0.15) is 42.6 Å². The summed E-state index contributed by atoms with van der Waals surface area (Å²) in [6, 6.07) is 15.7. The van der Waals surface area contributed by atoms with Gasteiger partial charge in [0.1, 0.15) is 5.82 Å². The van der Waals surface area contributed by atoms with Crippen molar-refractivity contribution in [3.63, 3.8) is 0 Å². The summed E-state index contributed by atoms with van der Waals surface area (Å²) in [4.78, 5) is 8.76. The molecule has 1 saturated heterocycles. The van der Waals surface area contributed by atoms with E-state index in [-0.39, 0.29) is 0 Å². The second-order valence-electron chi connectivity index (χ2n) is 6.08. The average Bonchev–Trinajstić information content (AvgIpc) is 3.34. The molecule has 23 heavy (non-hydrogen) atoms. The Labute approximate surface area is 141 Å². The van der Waals surface area contributed by atoms with Gasteiger partial charge in [-0.1, -0.05) is 24.3 Å². The van der Waals surface area contributed by atoms with Crippen molar-refractivity contribution in [1.82, 2.24) is 14.5 Å². The molecule has 0 radical (unpaired) electrons. The van der Waals surface area contributed by atoms with Crippen LogP contribution in [0.25, 0.3) is 5.69 Å². The van der Waals surface area contributed by atoms with Gasteiger partial charge in [-0.05, 0) is 49.9 Å². The molecule has 0 spiro atoms. The molecule has 4 rings (SSSR count). The standard InChI is InChI=1S/C19H21N3S/c1-15(21-12-5-9-17(21)18-10-6-14-23-18)19-20-11-13-22(19)16-7-3-2-4-8-16/h2-4,6-8,10-11,13-15,17H,5,9,12H2,1H3. The summed E-state index contributed by atoms with van der Waals surface area (Å²) >= 11 is 1.87. The number of benzene rings is 1. The Balaban J connectivity index is 1.65. The molecule has 2 unspecified atom stereocenters. The summed E-state index contributed by atoms with van der Waals surface area (Å²) in [5, 5.41) is 2.18. The topological polar surface area (TPSA) is 21.1 Å². The van der Waals surface area contributed by atoms with E-state index >= 15 is 0 Å². The van der Waals surface area contributed by atoms with Crippen LogP contribution in [0, 0.1) is 0 Å². The van der Waals surface area contributed by atoms with E-state index in [9.17, 15) is 0 Å². The average molecular weight is 323 g/mol. The Morgan fingerprint density at radius 1 is 1.17 bits per heavy atom. The lowest BCUT2D eigenvalue weighted by molar-refractivity contribution is 0.188. The highest BCUT2D eigenvalue weighted by atomic mass is 32.1. The lowest BCUT2D eigenvalue weighted by Crippen LogP contribution is -2.28. The summed E-state index contributed by atoms with van der Waals surface area (Å²) in [5.41, 5.74) is 1.18. The van der Waals surface area contributed by atoms with Gasteiger partial charge in [0.05, 0.1) is 6.04 Å². The minimum absolute atomic E-state index is 0.305. The van der Waals surface area contributed by atoms with Crippen molar-refractivity contribution in [1.29, 1.82) is 0 Å². The maximum atomic E-state index is 4.68. The number of thiophene rings is 1. The second-order valence-corrected chi connectivity index (χ2v) is 7.06. The molecule has 3 nitrogen and oxygen atoms in total. The molecule has 0 aliphatic carbocycles. The Morgan fingerprint density at radius 2 is 2.04 bits per heavy atom. The summed E-state index contributed by atoms with van der Waals surface area (Å²) < 4.78 is 2.22. The summed E-state index contributed by atoms with van der Waals surface area (Å²) in [5.74, 6) is 1.12. The number of hydrogen-bond acceptors (Lipinski definition) is 3. The Hall–Kier alpha value is -1.91. The third-order valence-corrected chi connectivity index (χ3v) is 5.71. The fourth-order valence-electron chi connectivity index (χ4n) is 3.62. The molecule has 0 bridgehead atoms. The number of hydrogen-bond donors (Lipinski definition) is 0. The van der Waals surface area contributed by atoms with Crippen LogP contribution in [0.2, 0.25) is 0 Å². The van der Waals surface area contributed by atoms with Gasteiger partial charge in [0.25, 0.3) is 0 Å². The van der Waals surface area contributed by atoms with E-state index in [1.165, 1.54) is 23.4 Å². The van der Waals surface area contributed by atoms with E-state index in [4.69, 9.17) is 0 Å². The molecule has 3 heterocycles. The van der Waals surface area contributed by atoms with E-state index in [1.54, 1.807) is 0 Å². The first-order chi connectivity index (χ1) is 11.3. The van der Waals surface area contributed by atoms with Gasteiger partial charge < -0.3 is 4.57 Å². The zero-order chi connectivity index (χ0) is 15.6. The summed E-state index contributed by atoms with van der Waals surface area (Å²) in [6.45, 7) is 3.43. The van der Waals surface area contributed by atoms with Crippen molar-refractivity contribution in [2.75, 3.05) is 6.54 Å². The van der Waals surface area contributed by atoms with Gasteiger partial charge in [0.2, 0.25) is 0 Å². The summed E-state index contributed by atoms with van der Waals surface area (Å²) in [6.07, 6.45) is 6.49. The molecule has 0 amide bonds. The molecular weight excluding hydrogens is 302 g/mol. The second kappa shape index (κ2) is 6.30. The fourth-order valence-corrected chi connectivity index (χ4v) is 4.50. The molecular formula is C19H21N3S. The third-order valence-electron chi connectivity index (χ3n) is 4.74. The number of para-hydroxylation sites is 1. The van der Waals surface area contributed by atoms with Crippen molar-refractivity contribution in [3.05, 3.63) is 70.9 Å². The predicted molar refractivity (Wildman–Crippen MR) is 95.0 cm³/mol. The zero-order valence-corrected chi connectivity index (χ0v) is 14.1. The normalized spacial score (nSPS) is 20.0. The Bertz CT molecular complexity index is 748. The number of imidazole rings is 1. The van der Waals surface area contributed by atoms with Gasteiger partial charge in [0, 0.05) is 29.0 Å². The number of aromatic nitrogens is 2. The van der Waals surface area contributed by atoms with E-state index in [0.29, 0.717) is 12.1 Å². The first kappa shape index (κ1) is 14.7. The lowest BCUT2D eigenvalue weighted by Gasteiger charge is -2.30. The highest BCUT2D eigenvalue weighted by Crippen LogP contribution is 2.40. The van der Waals surface area contributed by atoms with Crippen LogP contribution in [0.4, 0.5) is 0 Å². The highest BCUT2D eigenvalue weighted by Gasteiger charge is 2.32. The molecule has 1 aliphatic heterocycles. The maximum Gasteiger partial charge on any atom is 0.130 e. The van der Waals surface area contributed by atoms with Crippen LogP contribution in [0.5, 0.6) is 0 Å². The van der Waals surface area contributed by atoms with E-state index in [2.05, 4.69) is 75.4 Å². The first-order valence-corrected chi connectivity index (χ1v) is 9.10. The molecule has 2 aromatic heterocycles. The van der Waals surface area contributed by atoms with Gasteiger partial charge in [-0.25, -0.2) is 4.98 Å². The smallest absolute Gasteiger partial charge is 0.130 e. The van der Waals surface area contributed by atoms with Crippen LogP contribution in [0.15, 0.2) is 60.2 Å². The molecule has 4 heteroatoms. The maximum absolute atomic E-state index is 4.68. The molecule has 0 saturated carbocycles. The third kappa shape index (κ3) is 2.73. The summed E-state index contributed by atoms with van der Waals surface area (Å²) in [7, 11) is 0. The first-order valence-electron chi connectivity index (χ1n) is 8.22. The van der Waals surface area contributed by atoms with Crippen LogP contribution in [-0.2, 0) is 0 Å². The van der Waals surface area contributed by atoms with Gasteiger partial charge in [-0.3, -0.25) is 4.90 Å². The molecule has 118 valence electrons. The predicted octanol–water partition coefficient (Wildman–Crippen LogP) is 4.83. The van der Waals surface area contributed by atoms with E-state index in [1.807, 2.05) is 17.5 Å². The zero-order valence-electron chi connectivity index (χ0n) is 13.3. The fraction of sp³-hybridized carbons (Fsp3) is 0.316. The van der Waals surface area contributed by atoms with Crippen molar-refractivity contribution < 1.29 is 0 Å². The monoisotopic (exact) mass is 323 g/mol.